The summed E-state index contributed by atoms with van der Waals surface area (Å²) in [6.45, 7) is 10.8. The normalized spacial score (nSPS) is 20.6. The molecule has 2 N–H and O–H groups in total. The second kappa shape index (κ2) is 19.3. The number of nitrogens with one attached hydrogen (secondary N) is 1. The molecule has 0 aromatic heterocycles. The van der Waals surface area contributed by atoms with Crippen LogP contribution in [0.4, 0.5) is 0 Å². The van der Waals surface area contributed by atoms with E-state index in [1.165, 1.54) is 71.1 Å². The van der Waals surface area contributed by atoms with Crippen LogP contribution in [0.3, 0.4) is 0 Å². The number of aliphatic hydroxyl groups is 1. The van der Waals surface area contributed by atoms with Crippen molar-refractivity contribution >= 4 is 5.91 Å². The summed E-state index contributed by atoms with van der Waals surface area (Å²) in [6, 6.07) is 6.19. The Labute approximate surface area is 255 Å². The van der Waals surface area contributed by atoms with E-state index in [4.69, 9.17) is 9.47 Å². The van der Waals surface area contributed by atoms with Crippen LogP contribution in [0.2, 0.25) is 0 Å². The number of amides is 1. The fourth-order valence-corrected chi connectivity index (χ4v) is 5.17. The van der Waals surface area contributed by atoms with Gasteiger partial charge in [-0.1, -0.05) is 32.3 Å². The van der Waals surface area contributed by atoms with Crippen LogP contribution < -0.4 is 14.8 Å². The molecule has 1 atom stereocenters. The van der Waals surface area contributed by atoms with Gasteiger partial charge in [-0.25, -0.2) is 0 Å². The molecule has 4 aliphatic heterocycles. The minimum atomic E-state index is -0.739. The van der Waals surface area contributed by atoms with Gasteiger partial charge in [0.2, 0.25) is 5.91 Å². The van der Waals surface area contributed by atoms with Crippen LogP contribution in [-0.4, -0.2) is 92.9 Å². The van der Waals surface area contributed by atoms with Crippen molar-refractivity contribution in [2.24, 2.45) is 0 Å². The Morgan fingerprint density at radius 2 is 1.66 bits per heavy atom. The first-order valence-electron chi connectivity index (χ1n) is 14.5. The number of nitrogens with zero attached hydrogens (tertiary/aromatic N) is 3. The van der Waals surface area contributed by atoms with Crippen LogP contribution in [0.5, 0.6) is 11.5 Å². The van der Waals surface area contributed by atoms with Gasteiger partial charge >= 0.3 is 0 Å². The van der Waals surface area contributed by atoms with Gasteiger partial charge in [-0.15, -0.1) is 13.1 Å². The fourth-order valence-electron chi connectivity index (χ4n) is 5.17. The Morgan fingerprint density at radius 1 is 1.03 bits per heavy atom. The standard InChI is InChI=1S/C14H19NO4.C10H19N2.C5H11N.Y/c1-2-3-14(17)15-9-11(16)10-4-5-12-13(8-10)19-7-6-18-12;1-2-8-12(9-3-1)10-4-6-11-7-5-10;1-6-4-2-3-5-6;/h4-5,8,11,16H,2-3,6-7,9H2,1H3,(H,15,17);10H,1-9H2;2-5H2,1H3;/q;-1;;. The van der Waals surface area contributed by atoms with Gasteiger partial charge < -0.3 is 35.0 Å². The molecule has 1 unspecified atom stereocenters. The van der Waals surface area contributed by atoms with E-state index in [9.17, 15) is 9.90 Å². The van der Waals surface area contributed by atoms with E-state index >= 15 is 0 Å². The summed E-state index contributed by atoms with van der Waals surface area (Å²) in [5.74, 6) is 1.29. The van der Waals surface area contributed by atoms with Gasteiger partial charge in [0.25, 0.3) is 0 Å². The fraction of sp³-hybridized carbons (Fsp3) is 0.759. The molecule has 0 spiro atoms. The molecule has 9 heteroatoms. The largest absolute Gasteiger partial charge is 0.662 e. The van der Waals surface area contributed by atoms with E-state index in [0.717, 1.165) is 25.6 Å². The van der Waals surface area contributed by atoms with Crippen molar-refractivity contribution in [2.75, 3.05) is 66.1 Å². The smallest absolute Gasteiger partial charge is 0.220 e. The quantitative estimate of drug-likeness (QED) is 0.507. The summed E-state index contributed by atoms with van der Waals surface area (Å²) < 4.78 is 10.9. The number of carbonyl (C=O) groups excluding carboxylic acids is 1. The molecule has 38 heavy (non-hydrogen) atoms. The minimum absolute atomic E-state index is 0. The number of piperidine rings is 2. The average molecular weight is 607 g/mol. The Morgan fingerprint density at radius 3 is 2.26 bits per heavy atom. The van der Waals surface area contributed by atoms with Crippen molar-refractivity contribution in [3.05, 3.63) is 29.1 Å². The van der Waals surface area contributed by atoms with Gasteiger partial charge in [0, 0.05) is 51.7 Å². The summed E-state index contributed by atoms with van der Waals surface area (Å²) >= 11 is 0. The molecule has 8 nitrogen and oxygen atoms in total. The van der Waals surface area contributed by atoms with Crippen molar-refractivity contribution < 1.29 is 52.1 Å². The summed E-state index contributed by atoms with van der Waals surface area (Å²) in [6.07, 6.45) is 10.3. The zero-order valence-electron chi connectivity index (χ0n) is 23.7. The van der Waals surface area contributed by atoms with Crippen molar-refractivity contribution in [3.63, 3.8) is 0 Å². The van der Waals surface area contributed by atoms with Crippen molar-refractivity contribution in [1.29, 1.82) is 0 Å². The van der Waals surface area contributed by atoms with Crippen molar-refractivity contribution in [3.8, 4) is 11.5 Å². The van der Waals surface area contributed by atoms with E-state index in [2.05, 4.69) is 27.5 Å². The number of carbonyl (C=O) groups is 1. The number of rotatable bonds is 6. The molecule has 1 aromatic carbocycles. The summed E-state index contributed by atoms with van der Waals surface area (Å²) in [5, 5.41) is 17.1. The third-order valence-corrected chi connectivity index (χ3v) is 7.40. The monoisotopic (exact) mass is 606 g/mol. The molecule has 4 aliphatic rings. The zero-order valence-corrected chi connectivity index (χ0v) is 26.5. The van der Waals surface area contributed by atoms with Crippen molar-refractivity contribution in [1.82, 2.24) is 15.1 Å². The van der Waals surface area contributed by atoms with Gasteiger partial charge in [0.05, 0.1) is 6.10 Å². The summed E-state index contributed by atoms with van der Waals surface area (Å²) in [4.78, 5) is 16.4. The first-order valence-corrected chi connectivity index (χ1v) is 14.5. The number of ether oxygens (including phenoxy) is 2. The van der Waals surface area contributed by atoms with Crippen LogP contribution >= 0.6 is 0 Å². The van der Waals surface area contributed by atoms with Crippen LogP contribution in [0, 0.1) is 0 Å². The van der Waals surface area contributed by atoms with E-state index < -0.39 is 6.10 Å². The third-order valence-electron chi connectivity index (χ3n) is 7.40. The Bertz CT molecular complexity index is 766. The Hall–Kier alpha value is -0.766. The van der Waals surface area contributed by atoms with Gasteiger partial charge in [0.1, 0.15) is 13.2 Å². The summed E-state index contributed by atoms with van der Waals surface area (Å²) in [7, 11) is 2.17. The number of hydrogen-bond donors (Lipinski definition) is 2. The molecule has 1 aromatic rings. The topological polar surface area (TPSA) is 88.4 Å². The number of fused-ring (bicyclic) bond motifs is 1. The molecule has 1 radical (unpaired) electrons. The van der Waals surface area contributed by atoms with Gasteiger partial charge in [-0.3, -0.25) is 4.79 Å². The molecule has 0 bridgehead atoms. The Balaban J connectivity index is 0.000000226. The van der Waals surface area contributed by atoms with Crippen LogP contribution in [0.15, 0.2) is 18.2 Å². The third kappa shape index (κ3) is 12.2. The molecule has 1 amide bonds. The molecule has 4 heterocycles. The second-order valence-corrected chi connectivity index (χ2v) is 10.5. The first-order chi connectivity index (χ1) is 18.1. The van der Waals surface area contributed by atoms with E-state index in [1.54, 1.807) is 18.2 Å². The van der Waals surface area contributed by atoms with E-state index in [1.807, 2.05) is 6.92 Å². The molecule has 0 saturated carbocycles. The number of likely N-dealkylation sites (tertiary alicyclic amines) is 2. The van der Waals surface area contributed by atoms with Gasteiger partial charge in [-0.2, -0.15) is 0 Å². The number of benzene rings is 1. The maximum absolute atomic E-state index is 11.3. The molecular weight excluding hydrogens is 557 g/mol. The van der Waals surface area contributed by atoms with Gasteiger partial charge in [0.15, 0.2) is 11.5 Å². The predicted molar refractivity (Wildman–Crippen MR) is 149 cm³/mol. The number of hydrogen-bond acceptors (Lipinski definition) is 6. The molecule has 3 saturated heterocycles. The van der Waals surface area contributed by atoms with Gasteiger partial charge in [-0.05, 0) is 83.0 Å². The molecule has 213 valence electrons. The van der Waals surface area contributed by atoms with Crippen LogP contribution in [0.1, 0.15) is 76.4 Å². The molecular formula is C29H49N4O4Y-. The first kappa shape index (κ1) is 33.4. The SMILES string of the molecule is C1CCN(C2CC[N-]CC2)CC1.CCCC(=O)NCC(O)c1ccc2c(c1)OCCO2.CN1CCCC1.[Y]. The minimum Gasteiger partial charge on any atom is -0.662 e. The molecule has 3 fully saturated rings. The maximum atomic E-state index is 11.3. The maximum Gasteiger partial charge on any atom is 0.220 e. The molecule has 0 aliphatic carbocycles. The van der Waals surface area contributed by atoms with Crippen molar-refractivity contribution in [2.45, 2.75) is 76.9 Å². The average Bonchev–Trinajstić information content (AvgIpc) is 3.44. The van der Waals surface area contributed by atoms with E-state index in [0.29, 0.717) is 36.7 Å². The number of aliphatic hydroxyl groups excluding tert-OH is 1. The zero-order chi connectivity index (χ0) is 26.3. The van der Waals surface area contributed by atoms with E-state index in [-0.39, 0.29) is 45.2 Å². The Kier molecular flexibility index (Phi) is 17.0. The van der Waals surface area contributed by atoms with Crippen LogP contribution in [0.25, 0.3) is 5.32 Å². The predicted octanol–water partition coefficient (Wildman–Crippen LogP) is 4.13. The summed E-state index contributed by atoms with van der Waals surface area (Å²) in [5.41, 5.74) is 0.709. The molecule has 5 rings (SSSR count). The second-order valence-electron chi connectivity index (χ2n) is 10.5. The van der Waals surface area contributed by atoms with Crippen LogP contribution in [-0.2, 0) is 37.5 Å².